The van der Waals surface area contributed by atoms with Crippen LogP contribution in [0, 0.1) is 12.8 Å². The number of amides is 2. The zero-order valence-corrected chi connectivity index (χ0v) is 20.6. The van der Waals surface area contributed by atoms with E-state index in [9.17, 15) is 18.0 Å². The first kappa shape index (κ1) is 26.2. The topological polar surface area (TPSA) is 105 Å². The fourth-order valence-corrected chi connectivity index (χ4v) is 4.45. The lowest BCUT2D eigenvalue weighted by Gasteiger charge is -2.21. The number of sulfonamides is 1. The van der Waals surface area contributed by atoms with E-state index in [4.69, 9.17) is 4.74 Å². The lowest BCUT2D eigenvalue weighted by atomic mass is 10.0. The number of carbonyl (C=O) groups is 2. The molecule has 0 saturated carbocycles. The minimum atomic E-state index is -3.71. The summed E-state index contributed by atoms with van der Waals surface area (Å²) in [6.45, 7) is 8.20. The molecule has 0 aliphatic heterocycles. The average molecular weight is 476 g/mol. The predicted octanol–water partition coefficient (Wildman–Crippen LogP) is 3.71. The van der Waals surface area contributed by atoms with Crippen molar-refractivity contribution in [2.24, 2.45) is 5.92 Å². The third-order valence-corrected chi connectivity index (χ3v) is 6.83. The molecule has 8 nitrogen and oxygen atoms in total. The van der Waals surface area contributed by atoms with Crippen LogP contribution in [-0.4, -0.2) is 46.7 Å². The Morgan fingerprint density at radius 2 is 1.64 bits per heavy atom. The van der Waals surface area contributed by atoms with E-state index >= 15 is 0 Å². The second-order valence-corrected chi connectivity index (χ2v) is 10.2. The molecule has 33 heavy (non-hydrogen) atoms. The fraction of sp³-hybridized carbons (Fsp3) is 0.417. The maximum absolute atomic E-state index is 12.9. The molecule has 0 fully saturated rings. The van der Waals surface area contributed by atoms with Crippen LogP contribution in [0.15, 0.2) is 53.4 Å². The number of benzene rings is 2. The highest BCUT2D eigenvalue weighted by Crippen LogP contribution is 2.22. The second-order valence-electron chi connectivity index (χ2n) is 8.23. The van der Waals surface area contributed by atoms with E-state index in [1.807, 2.05) is 20.8 Å². The van der Waals surface area contributed by atoms with Gasteiger partial charge < -0.3 is 15.4 Å². The number of aryl methyl sites for hydroxylation is 1. The van der Waals surface area contributed by atoms with Gasteiger partial charge in [-0.3, -0.25) is 9.10 Å². The predicted molar refractivity (Wildman–Crippen MR) is 129 cm³/mol. The lowest BCUT2D eigenvalue weighted by Crippen LogP contribution is -2.44. The van der Waals surface area contributed by atoms with E-state index in [1.54, 1.807) is 55.5 Å². The van der Waals surface area contributed by atoms with Gasteiger partial charge in [-0.15, -0.1) is 0 Å². The molecule has 1 unspecified atom stereocenters. The van der Waals surface area contributed by atoms with Crippen molar-refractivity contribution in [2.75, 3.05) is 24.5 Å². The van der Waals surface area contributed by atoms with E-state index in [0.29, 0.717) is 23.6 Å². The molecule has 2 rings (SSSR count). The molecule has 0 aliphatic rings. The van der Waals surface area contributed by atoms with Gasteiger partial charge in [0.2, 0.25) is 0 Å². The highest BCUT2D eigenvalue weighted by molar-refractivity contribution is 7.92. The van der Waals surface area contributed by atoms with Crippen molar-refractivity contribution < 1.29 is 22.7 Å². The smallest absolute Gasteiger partial charge is 0.407 e. The van der Waals surface area contributed by atoms with Crippen molar-refractivity contribution in [3.63, 3.8) is 0 Å². The number of hydrogen-bond acceptors (Lipinski definition) is 5. The van der Waals surface area contributed by atoms with Gasteiger partial charge in [-0.25, -0.2) is 13.2 Å². The lowest BCUT2D eigenvalue weighted by molar-refractivity contribution is 0.0944. The third kappa shape index (κ3) is 7.49. The molecule has 0 heterocycles. The maximum atomic E-state index is 12.9. The van der Waals surface area contributed by atoms with E-state index in [0.717, 1.165) is 5.56 Å². The molecule has 0 spiro atoms. The summed E-state index contributed by atoms with van der Waals surface area (Å²) in [5.74, 6) is 0.00383. The minimum Gasteiger partial charge on any atom is -0.450 e. The summed E-state index contributed by atoms with van der Waals surface area (Å²) in [6.07, 6.45) is 0.166. The number of anilines is 1. The Morgan fingerprint density at radius 3 is 2.18 bits per heavy atom. The number of carbonyl (C=O) groups excluding carboxylic acids is 2. The van der Waals surface area contributed by atoms with Crippen LogP contribution in [0.2, 0.25) is 0 Å². The van der Waals surface area contributed by atoms with Crippen LogP contribution in [0.5, 0.6) is 0 Å². The van der Waals surface area contributed by atoms with Gasteiger partial charge in [-0.1, -0.05) is 31.5 Å². The molecule has 0 bridgehead atoms. The molecule has 1 atom stereocenters. The van der Waals surface area contributed by atoms with E-state index in [1.165, 1.54) is 11.4 Å². The molecule has 2 aromatic carbocycles. The molecule has 0 saturated heterocycles. The zero-order chi connectivity index (χ0) is 24.6. The molecule has 0 aromatic heterocycles. The molecular weight excluding hydrogens is 442 g/mol. The Hall–Kier alpha value is -3.07. The van der Waals surface area contributed by atoms with Crippen LogP contribution in [0.25, 0.3) is 0 Å². The third-order valence-electron chi connectivity index (χ3n) is 5.03. The Bertz CT molecular complexity index is 1030. The van der Waals surface area contributed by atoms with Crippen LogP contribution in [0.3, 0.4) is 0 Å². The van der Waals surface area contributed by atoms with Crippen LogP contribution in [0.1, 0.15) is 43.1 Å². The molecular formula is C24H33N3O5S. The summed E-state index contributed by atoms with van der Waals surface area (Å²) in [7, 11) is -2.24. The number of hydrogen-bond donors (Lipinski definition) is 2. The van der Waals surface area contributed by atoms with Crippen LogP contribution in [0.4, 0.5) is 10.5 Å². The van der Waals surface area contributed by atoms with Crippen molar-refractivity contribution in [1.29, 1.82) is 0 Å². The Morgan fingerprint density at radius 1 is 1.03 bits per heavy atom. The number of nitrogens with one attached hydrogen (secondary N) is 2. The van der Waals surface area contributed by atoms with Crippen LogP contribution in [-0.2, 0) is 14.8 Å². The van der Waals surface area contributed by atoms with Crippen molar-refractivity contribution in [3.8, 4) is 0 Å². The monoisotopic (exact) mass is 475 g/mol. The first-order chi connectivity index (χ1) is 15.5. The average Bonchev–Trinajstić information content (AvgIpc) is 2.77. The summed E-state index contributed by atoms with van der Waals surface area (Å²) < 4.78 is 31.8. The van der Waals surface area contributed by atoms with Crippen molar-refractivity contribution in [3.05, 3.63) is 59.7 Å². The largest absolute Gasteiger partial charge is 0.450 e. The molecule has 2 aromatic rings. The van der Waals surface area contributed by atoms with Gasteiger partial charge in [0.1, 0.15) is 0 Å². The zero-order valence-electron chi connectivity index (χ0n) is 19.8. The van der Waals surface area contributed by atoms with Crippen molar-refractivity contribution in [1.82, 2.24) is 10.6 Å². The summed E-state index contributed by atoms with van der Waals surface area (Å²) in [5, 5.41) is 5.59. The quantitative estimate of drug-likeness (QED) is 0.545. The second kappa shape index (κ2) is 11.7. The van der Waals surface area contributed by atoms with Gasteiger partial charge in [-0.05, 0) is 62.6 Å². The van der Waals surface area contributed by atoms with Crippen molar-refractivity contribution in [2.45, 2.75) is 45.1 Å². The van der Waals surface area contributed by atoms with Gasteiger partial charge in [0.15, 0.2) is 0 Å². The van der Waals surface area contributed by atoms with Gasteiger partial charge in [0, 0.05) is 25.2 Å². The standard InChI is InChI=1S/C24H33N3O5S/c1-6-32-24(29)26-20(15-17(2)3)16-25-23(28)19-9-11-21(12-10-19)27(5)33(30,31)22-13-7-18(4)8-14-22/h7-14,17,20H,6,15-16H2,1-5H3,(H,25,28)(H,26,29). The molecule has 2 amide bonds. The molecule has 0 aliphatic carbocycles. The van der Waals surface area contributed by atoms with Crippen molar-refractivity contribution >= 4 is 27.7 Å². The summed E-state index contributed by atoms with van der Waals surface area (Å²) in [5.41, 5.74) is 1.80. The van der Waals surface area contributed by atoms with Crippen LogP contribution >= 0.6 is 0 Å². The SMILES string of the molecule is CCOC(=O)NC(CNC(=O)c1ccc(N(C)S(=O)(=O)c2ccc(C)cc2)cc1)CC(C)C. The maximum Gasteiger partial charge on any atom is 0.407 e. The molecule has 0 radical (unpaired) electrons. The number of ether oxygens (including phenoxy) is 1. The van der Waals surface area contributed by atoms with E-state index < -0.39 is 16.1 Å². The van der Waals surface area contributed by atoms with Gasteiger partial charge in [0.05, 0.1) is 17.2 Å². The molecule has 180 valence electrons. The first-order valence-electron chi connectivity index (χ1n) is 10.9. The van der Waals surface area contributed by atoms with E-state index in [2.05, 4.69) is 10.6 Å². The summed E-state index contributed by atoms with van der Waals surface area (Å²) in [6, 6.07) is 12.7. The van der Waals surface area contributed by atoms with Gasteiger partial charge in [0.25, 0.3) is 15.9 Å². The summed E-state index contributed by atoms with van der Waals surface area (Å²) >= 11 is 0. The molecule has 9 heteroatoms. The van der Waals surface area contributed by atoms with Gasteiger partial charge in [-0.2, -0.15) is 0 Å². The summed E-state index contributed by atoms with van der Waals surface area (Å²) in [4.78, 5) is 24.5. The number of rotatable bonds is 10. The molecule has 2 N–H and O–H groups in total. The number of nitrogens with zero attached hydrogens (tertiary/aromatic N) is 1. The Labute approximate surface area is 196 Å². The fourth-order valence-electron chi connectivity index (χ4n) is 3.25. The normalized spacial score (nSPS) is 12.2. The van der Waals surface area contributed by atoms with Crippen LogP contribution < -0.4 is 14.9 Å². The number of alkyl carbamates (subject to hydrolysis) is 1. The first-order valence-corrected chi connectivity index (χ1v) is 12.4. The highest BCUT2D eigenvalue weighted by Gasteiger charge is 2.22. The van der Waals surface area contributed by atoms with Gasteiger partial charge >= 0.3 is 6.09 Å². The van der Waals surface area contributed by atoms with E-state index in [-0.39, 0.29) is 30.0 Å². The minimum absolute atomic E-state index is 0.197. The Kier molecular flexibility index (Phi) is 9.28. The highest BCUT2D eigenvalue weighted by atomic mass is 32.2. The Balaban J connectivity index is 2.05.